The van der Waals surface area contributed by atoms with E-state index in [4.69, 9.17) is 22.0 Å². The van der Waals surface area contributed by atoms with Crippen molar-refractivity contribution in [1.29, 1.82) is 5.26 Å². The largest absolute Gasteiger partial charge is 0.476 e. The van der Waals surface area contributed by atoms with Crippen molar-refractivity contribution in [2.24, 2.45) is 0 Å². The highest BCUT2D eigenvalue weighted by Gasteiger charge is 2.20. The highest BCUT2D eigenvalue weighted by atomic mass is 35.5. The van der Waals surface area contributed by atoms with Gasteiger partial charge in [0.25, 0.3) is 0 Å². The lowest BCUT2D eigenvalue weighted by molar-refractivity contribution is 0.0691. The van der Waals surface area contributed by atoms with Crippen LogP contribution in [0.2, 0.25) is 5.02 Å². The molecule has 0 radical (unpaired) electrons. The molecule has 7 heteroatoms. The topological polar surface area (TPSA) is 91.8 Å². The monoisotopic (exact) mass is 262 g/mol. The van der Waals surface area contributed by atoms with E-state index in [9.17, 15) is 4.79 Å². The molecule has 0 saturated carbocycles. The Morgan fingerprint density at radius 2 is 2.33 bits per heavy atom. The fraction of sp³-hybridized carbons (Fsp3) is 0.0909. The zero-order chi connectivity index (χ0) is 13.1. The smallest absolute Gasteiger partial charge is 0.358 e. The van der Waals surface area contributed by atoms with E-state index in [0.29, 0.717) is 10.6 Å². The minimum absolute atomic E-state index is 0.0812. The van der Waals surface area contributed by atoms with E-state index in [1.54, 1.807) is 24.3 Å². The predicted octanol–water partition coefficient (Wildman–Crippen LogP) is 1.82. The summed E-state index contributed by atoms with van der Waals surface area (Å²) in [5, 5.41) is 25.4. The van der Waals surface area contributed by atoms with Gasteiger partial charge in [-0.25, -0.2) is 9.48 Å². The van der Waals surface area contributed by atoms with E-state index in [1.165, 1.54) is 4.68 Å². The number of nitriles is 1. The van der Waals surface area contributed by atoms with Gasteiger partial charge in [-0.1, -0.05) is 28.9 Å². The van der Waals surface area contributed by atoms with Gasteiger partial charge < -0.3 is 5.11 Å². The van der Waals surface area contributed by atoms with E-state index in [0.717, 1.165) is 0 Å². The van der Waals surface area contributed by atoms with Gasteiger partial charge in [0.15, 0.2) is 5.69 Å². The summed E-state index contributed by atoms with van der Waals surface area (Å²) in [7, 11) is 0. The van der Waals surface area contributed by atoms with Crippen LogP contribution in [0, 0.1) is 11.3 Å². The third-order valence-electron chi connectivity index (χ3n) is 2.26. The third kappa shape index (κ3) is 2.17. The van der Waals surface area contributed by atoms with Crippen molar-refractivity contribution in [3.05, 3.63) is 35.0 Å². The molecular weight excluding hydrogens is 256 g/mol. The lowest BCUT2D eigenvalue weighted by Crippen LogP contribution is -2.04. The average Bonchev–Trinajstić information content (AvgIpc) is 2.73. The number of rotatable bonds is 3. The summed E-state index contributed by atoms with van der Waals surface area (Å²) in [6, 6.07) is 8.54. The summed E-state index contributed by atoms with van der Waals surface area (Å²) in [4.78, 5) is 11.1. The van der Waals surface area contributed by atoms with Crippen molar-refractivity contribution >= 4 is 17.6 Å². The molecule has 0 atom stereocenters. The van der Waals surface area contributed by atoms with Gasteiger partial charge in [-0.3, -0.25) is 0 Å². The van der Waals surface area contributed by atoms with Crippen LogP contribution in [0.3, 0.4) is 0 Å². The number of aromatic carboxylic acids is 1. The molecule has 1 N–H and O–H groups in total. The first-order valence-electron chi connectivity index (χ1n) is 4.93. The van der Waals surface area contributed by atoms with Crippen molar-refractivity contribution < 1.29 is 9.90 Å². The van der Waals surface area contributed by atoms with Crippen molar-refractivity contribution in [2.75, 3.05) is 0 Å². The Balaban J connectivity index is 2.63. The van der Waals surface area contributed by atoms with Crippen LogP contribution in [-0.2, 0) is 6.54 Å². The van der Waals surface area contributed by atoms with Crippen molar-refractivity contribution in [2.45, 2.75) is 6.54 Å². The highest BCUT2D eigenvalue weighted by Crippen LogP contribution is 2.25. The van der Waals surface area contributed by atoms with Crippen molar-refractivity contribution in [1.82, 2.24) is 15.0 Å². The molecule has 0 unspecified atom stereocenters. The summed E-state index contributed by atoms with van der Waals surface area (Å²) in [6.07, 6.45) is 0. The average molecular weight is 263 g/mol. The van der Waals surface area contributed by atoms with Gasteiger partial charge in [0.1, 0.15) is 12.2 Å². The molecule has 0 aliphatic heterocycles. The van der Waals surface area contributed by atoms with Gasteiger partial charge >= 0.3 is 5.97 Å². The minimum atomic E-state index is -1.20. The van der Waals surface area contributed by atoms with E-state index in [1.807, 2.05) is 6.07 Å². The molecule has 0 bridgehead atoms. The minimum Gasteiger partial charge on any atom is -0.476 e. The highest BCUT2D eigenvalue weighted by molar-refractivity contribution is 6.30. The Morgan fingerprint density at radius 3 is 2.94 bits per heavy atom. The second-order valence-electron chi connectivity index (χ2n) is 3.42. The zero-order valence-electron chi connectivity index (χ0n) is 9.04. The molecule has 1 aromatic carbocycles. The number of nitrogens with zero attached hydrogens (tertiary/aromatic N) is 4. The quantitative estimate of drug-likeness (QED) is 0.911. The van der Waals surface area contributed by atoms with E-state index in [2.05, 4.69) is 10.3 Å². The fourth-order valence-corrected chi connectivity index (χ4v) is 1.75. The van der Waals surface area contributed by atoms with Crippen LogP contribution >= 0.6 is 11.6 Å². The van der Waals surface area contributed by atoms with Crippen LogP contribution in [0.1, 0.15) is 10.5 Å². The number of carbonyl (C=O) groups is 1. The van der Waals surface area contributed by atoms with Gasteiger partial charge in [0.05, 0.1) is 6.07 Å². The number of aromatic nitrogens is 3. The van der Waals surface area contributed by atoms with Crippen LogP contribution < -0.4 is 0 Å². The third-order valence-corrected chi connectivity index (χ3v) is 2.49. The van der Waals surface area contributed by atoms with Crippen LogP contribution in [0.25, 0.3) is 11.3 Å². The first kappa shape index (κ1) is 12.1. The normalized spacial score (nSPS) is 10.0. The number of carboxylic acid groups (broad SMARTS) is 1. The Kier molecular flexibility index (Phi) is 3.26. The summed E-state index contributed by atoms with van der Waals surface area (Å²) >= 11 is 5.86. The van der Waals surface area contributed by atoms with Crippen LogP contribution in [-0.4, -0.2) is 26.1 Å². The maximum atomic E-state index is 11.1. The molecule has 0 amide bonds. The molecule has 6 nitrogen and oxygen atoms in total. The van der Waals surface area contributed by atoms with E-state index >= 15 is 0 Å². The summed E-state index contributed by atoms with van der Waals surface area (Å²) < 4.78 is 1.23. The molecule has 90 valence electrons. The molecule has 2 aromatic rings. The van der Waals surface area contributed by atoms with Crippen LogP contribution in [0.15, 0.2) is 24.3 Å². The SMILES string of the molecule is N#CCn1nnc(C(=O)O)c1-c1cccc(Cl)c1. The van der Waals surface area contributed by atoms with Gasteiger partial charge in [-0.2, -0.15) is 5.26 Å². The molecule has 1 aromatic heterocycles. The Morgan fingerprint density at radius 1 is 1.56 bits per heavy atom. The molecular formula is C11H7ClN4O2. The number of benzene rings is 1. The molecule has 18 heavy (non-hydrogen) atoms. The first-order chi connectivity index (χ1) is 8.63. The second kappa shape index (κ2) is 4.85. The van der Waals surface area contributed by atoms with Crippen LogP contribution in [0.4, 0.5) is 0 Å². The maximum Gasteiger partial charge on any atom is 0.358 e. The molecule has 1 heterocycles. The number of hydrogen-bond donors (Lipinski definition) is 1. The number of carboxylic acids is 1. The van der Waals surface area contributed by atoms with Gasteiger partial charge in [-0.15, -0.1) is 5.10 Å². The molecule has 0 saturated heterocycles. The molecule has 0 aliphatic rings. The van der Waals surface area contributed by atoms with Gasteiger partial charge in [0.2, 0.25) is 0 Å². The first-order valence-corrected chi connectivity index (χ1v) is 5.31. The summed E-state index contributed by atoms with van der Waals surface area (Å²) in [5.41, 5.74) is 0.624. The lowest BCUT2D eigenvalue weighted by atomic mass is 10.1. The van der Waals surface area contributed by atoms with Crippen molar-refractivity contribution in [3.8, 4) is 17.3 Å². The maximum absolute atomic E-state index is 11.1. The van der Waals surface area contributed by atoms with E-state index < -0.39 is 5.97 Å². The fourth-order valence-electron chi connectivity index (χ4n) is 1.56. The van der Waals surface area contributed by atoms with E-state index in [-0.39, 0.29) is 17.9 Å². The van der Waals surface area contributed by atoms with Gasteiger partial charge in [-0.05, 0) is 12.1 Å². The Hall–Kier alpha value is -2.39. The standard InChI is InChI=1S/C11H7ClN4O2/c12-8-3-1-2-7(6-8)10-9(11(17)18)14-15-16(10)5-4-13/h1-3,6H,5H2,(H,17,18). The Bertz CT molecular complexity index is 645. The predicted molar refractivity (Wildman–Crippen MR) is 63.0 cm³/mol. The lowest BCUT2D eigenvalue weighted by Gasteiger charge is -2.04. The molecule has 0 spiro atoms. The summed E-state index contributed by atoms with van der Waals surface area (Å²) in [5.74, 6) is -1.20. The summed E-state index contributed by atoms with van der Waals surface area (Å²) in [6.45, 7) is -0.0812. The van der Waals surface area contributed by atoms with Gasteiger partial charge in [0, 0.05) is 10.6 Å². The molecule has 0 aliphatic carbocycles. The Labute approximate surface area is 107 Å². The molecule has 0 fully saturated rings. The number of hydrogen-bond acceptors (Lipinski definition) is 4. The second-order valence-corrected chi connectivity index (χ2v) is 3.85. The molecule has 2 rings (SSSR count). The van der Waals surface area contributed by atoms with Crippen LogP contribution in [0.5, 0.6) is 0 Å². The van der Waals surface area contributed by atoms with Crippen molar-refractivity contribution in [3.63, 3.8) is 0 Å². The zero-order valence-corrected chi connectivity index (χ0v) is 9.79. The number of halogens is 1.